The minimum Gasteiger partial charge on any atom is 0 e. The standard InChI is InChI=1S/3BH3.3Ba.2ClHO4.2Cr.2K.8O.2Ti.2H/c;;;;;;2*2-1(3,4)5;;;;;;;;;;;;;;;;/h3*1H3;;;;2*(H,2,3,4,5);;;;;;;;;;;;;;;;/q;;;3*+2;;;;;;;;;;;4*-1;;;;/p-2. The van der Waals surface area contributed by atoms with Crippen molar-refractivity contribution in [1.82, 2.24) is 0 Å². The van der Waals surface area contributed by atoms with Gasteiger partial charge in [-0.05, 0) is 0 Å². The molecule has 0 spiro atoms. The summed E-state index contributed by atoms with van der Waals surface area (Å²) in [5.41, 5.74) is 0. The van der Waals surface area contributed by atoms with Gasteiger partial charge in [0.2, 0.25) is 0 Å². The Balaban J connectivity index is -0.00000000853. The van der Waals surface area contributed by atoms with Crippen LogP contribution in [0.1, 0.15) is 0 Å². The van der Waals surface area contributed by atoms with E-state index in [0.29, 0.717) is 0 Å². The molecule has 0 aromatic carbocycles. The maximum atomic E-state index is 8.59. The van der Waals surface area contributed by atoms with Gasteiger partial charge >= 0.3 is 308 Å². The molecule has 0 rings (SSSR count). The average molecular weight is 1060 g/mol. The molecule has 0 heterocycles. The summed E-state index contributed by atoms with van der Waals surface area (Å²) in [7, 11) is -9.89. The largest absolute Gasteiger partial charge is 0 e. The Hall–Kier alpha value is 9.98. The molecule has 0 radical (unpaired) electrons. The fourth-order valence-electron chi connectivity index (χ4n) is 0. The normalized spacial score (nSPS) is 7.87. The molecule has 30 heteroatoms. The topological polar surface area (TPSA) is 345 Å². The second-order valence-corrected chi connectivity index (χ2v) is 5.63. The van der Waals surface area contributed by atoms with Crippen LogP contribution in [0.15, 0.2) is 0 Å². The number of hydrogen-bond acceptors (Lipinski definition) is 16. The van der Waals surface area contributed by atoms with Crippen LogP contribution in [-0.4, -0.2) is 275 Å². The average Bonchev–Trinajstić information content (AvgIpc) is 1.62. The van der Waals surface area contributed by atoms with E-state index in [-0.39, 0.29) is 318 Å². The Morgan fingerprint density at radius 2 is 0.433 bits per heavy atom. The minimum atomic E-state index is -5.75. The summed E-state index contributed by atoms with van der Waals surface area (Å²) >= 11 is -11.5. The van der Waals surface area contributed by atoms with Crippen LogP contribution in [0.3, 0.4) is 0 Å². The summed E-state index contributed by atoms with van der Waals surface area (Å²) in [5, 5.41) is 0. The van der Waals surface area contributed by atoms with Crippen molar-refractivity contribution < 1.29 is 160 Å². The van der Waals surface area contributed by atoms with Gasteiger partial charge in [-0.3, -0.25) is 0 Å². The molecular formula is H11B3Ba3Cl2Cr2K2O16Ti2. The number of rotatable bonds is 0. The SMILES string of the molecule is B.B.B.[Ba+2].[Ba+2].[Ba+2].[KH].[KH].[O-][Cl+3]([O-])([O-])[O-].[O-][Cl+3]([O-])([O-])[O-].[O]=[Cr](=[O])([O-])[O-].[O]=[Cr](=[O])([O-])[O-].[Ti].[Ti]. The molecule has 0 aromatic heterocycles. The van der Waals surface area contributed by atoms with Crippen molar-refractivity contribution in [2.75, 3.05) is 0 Å². The van der Waals surface area contributed by atoms with Gasteiger partial charge in [0, 0.05) is 43.4 Å². The van der Waals surface area contributed by atoms with Crippen molar-refractivity contribution in [3.63, 3.8) is 0 Å². The van der Waals surface area contributed by atoms with Crippen molar-refractivity contribution in [1.29, 1.82) is 0 Å². The van der Waals surface area contributed by atoms with Gasteiger partial charge < -0.3 is 0 Å². The Bertz CT molecular complexity index is 378. The molecule has 0 atom stereocenters. The van der Waals surface area contributed by atoms with Gasteiger partial charge in [-0.2, -0.15) is 0 Å². The van der Waals surface area contributed by atoms with Crippen molar-refractivity contribution in [2.24, 2.45) is 0 Å². The van der Waals surface area contributed by atoms with Gasteiger partial charge in [0.25, 0.3) is 0 Å². The Kier molecular flexibility index (Phi) is 146. The molecule has 0 unspecified atom stereocenters. The maximum Gasteiger partial charge on any atom is 0 e. The first-order valence-corrected chi connectivity index (χ1v) is 9.20. The van der Waals surface area contributed by atoms with E-state index >= 15 is 0 Å². The second kappa shape index (κ2) is 48.7. The summed E-state index contributed by atoms with van der Waals surface area (Å²) in [5.74, 6) is 0. The van der Waals surface area contributed by atoms with Crippen LogP contribution in [0.4, 0.5) is 0 Å². The first-order valence-electron chi connectivity index (χ1n) is 2.57. The molecule has 0 saturated heterocycles. The molecule has 0 amide bonds. The summed E-state index contributed by atoms with van der Waals surface area (Å²) in [6.07, 6.45) is 0. The van der Waals surface area contributed by atoms with Crippen LogP contribution in [0.5, 0.6) is 0 Å². The maximum absolute atomic E-state index is 8.59. The molecule has 0 aliphatic rings. The third-order valence-electron chi connectivity index (χ3n) is 0. The zero-order valence-electron chi connectivity index (χ0n) is 11.2. The molecule has 0 aromatic rings. The van der Waals surface area contributed by atoms with Gasteiger partial charge in [-0.15, -0.1) is 20.5 Å². The van der Waals surface area contributed by atoms with Crippen LogP contribution in [0.25, 0.3) is 0 Å². The first-order chi connectivity index (χ1) is 8.00. The fraction of sp³-hybridized carbons (Fsp3) is 0. The van der Waals surface area contributed by atoms with Gasteiger partial charge in [0.05, 0.1) is 25.2 Å². The van der Waals surface area contributed by atoms with E-state index < -0.39 is 47.7 Å². The van der Waals surface area contributed by atoms with Crippen molar-refractivity contribution >= 4 is 275 Å². The van der Waals surface area contributed by atoms with E-state index in [1.165, 1.54) is 0 Å². The summed E-state index contributed by atoms with van der Waals surface area (Å²) in [4.78, 5) is 0. The smallest absolute Gasteiger partial charge is 0 e. The number of hydrogen-bond donors (Lipinski definition) is 0. The van der Waals surface area contributed by atoms with Crippen LogP contribution in [0.2, 0.25) is 0 Å². The first kappa shape index (κ1) is 90.0. The predicted molar refractivity (Wildman–Crippen MR) is 64.1 cm³/mol. The zero-order valence-corrected chi connectivity index (χ0v) is 31.7. The summed E-state index contributed by atoms with van der Waals surface area (Å²) in [6, 6.07) is 0. The molecule has 0 bridgehead atoms. The van der Waals surface area contributed by atoms with E-state index in [1.807, 2.05) is 0 Å². The Labute approximate surface area is 421 Å². The van der Waals surface area contributed by atoms with Crippen LogP contribution in [0, 0.1) is 20.5 Å². The Morgan fingerprint density at radius 1 is 0.433 bits per heavy atom. The van der Waals surface area contributed by atoms with Crippen LogP contribution < -0.4 is 53.9 Å². The van der Waals surface area contributed by atoms with Crippen molar-refractivity contribution in [2.45, 2.75) is 0 Å². The Morgan fingerprint density at radius 3 is 0.433 bits per heavy atom. The van der Waals surface area contributed by atoms with Crippen LogP contribution in [-0.2, 0) is 85.9 Å². The summed E-state index contributed by atoms with van der Waals surface area (Å²) in [6.45, 7) is 0. The van der Waals surface area contributed by atoms with E-state index in [4.69, 9.17) is 69.1 Å². The quantitative estimate of drug-likeness (QED) is 0.203. The van der Waals surface area contributed by atoms with Crippen molar-refractivity contribution in [3.8, 4) is 0 Å². The van der Waals surface area contributed by atoms with E-state index in [0.717, 1.165) is 0 Å². The number of halogens is 2. The molecule has 16 nitrogen and oxygen atoms in total. The van der Waals surface area contributed by atoms with Gasteiger partial charge in [0.15, 0.2) is 0 Å². The van der Waals surface area contributed by atoms with E-state index in [1.54, 1.807) is 0 Å². The predicted octanol–water partition coefficient (Wildman–Crippen LogP) is -20.7. The molecule has 30 heavy (non-hydrogen) atoms. The van der Waals surface area contributed by atoms with E-state index in [2.05, 4.69) is 0 Å². The molecule has 0 N–H and O–H groups in total. The molecular weight excluding hydrogens is 1050 g/mol. The fourth-order valence-corrected chi connectivity index (χ4v) is 0. The zero-order chi connectivity index (χ0) is 18.0. The third-order valence-corrected chi connectivity index (χ3v) is 0. The monoisotopic (exact) mass is 1060 g/mol. The van der Waals surface area contributed by atoms with Gasteiger partial charge in [0.1, 0.15) is 0 Å². The molecule has 0 aliphatic heterocycles. The molecule has 158 valence electrons. The van der Waals surface area contributed by atoms with Gasteiger partial charge in [-0.1, -0.05) is 0 Å². The van der Waals surface area contributed by atoms with Crippen molar-refractivity contribution in [3.05, 3.63) is 0 Å². The van der Waals surface area contributed by atoms with E-state index in [9.17, 15) is 0 Å². The van der Waals surface area contributed by atoms with Gasteiger partial charge in [-0.25, -0.2) is 37.3 Å². The van der Waals surface area contributed by atoms with Crippen LogP contribution >= 0.6 is 0 Å². The third kappa shape index (κ3) is 522. The molecule has 0 fully saturated rings. The second-order valence-electron chi connectivity index (χ2n) is 1.57. The molecule has 0 saturated carbocycles. The summed E-state index contributed by atoms with van der Waals surface area (Å²) < 4.78 is 137. The molecule has 0 aliphatic carbocycles. The minimum absolute atomic E-state index is 0.